The van der Waals surface area contributed by atoms with Gasteiger partial charge in [-0.2, -0.15) is 0 Å². The van der Waals surface area contributed by atoms with E-state index in [1.807, 2.05) is 4.90 Å². The first-order valence-corrected chi connectivity index (χ1v) is 8.12. The summed E-state index contributed by atoms with van der Waals surface area (Å²) in [4.78, 5) is 12.0. The largest absolute Gasteiger partial charge is 0.479 e. The minimum absolute atomic E-state index is 0.158. The Bertz CT molecular complexity index is 457. The Morgan fingerprint density at radius 2 is 1.54 bits per heavy atom. The van der Waals surface area contributed by atoms with E-state index in [0.717, 1.165) is 25.9 Å². The molecule has 0 spiro atoms. The summed E-state index contributed by atoms with van der Waals surface area (Å²) >= 11 is 0. The van der Waals surface area contributed by atoms with Gasteiger partial charge in [0.2, 0.25) is 0 Å². The van der Waals surface area contributed by atoms with Crippen LogP contribution in [0.15, 0.2) is 0 Å². The lowest BCUT2D eigenvalue weighted by molar-refractivity contribution is -0.164. The van der Waals surface area contributed by atoms with Gasteiger partial charge in [0, 0.05) is 13.1 Å². The molecule has 12 nitrogen and oxygen atoms in total. The maximum absolute atomic E-state index is 10.1. The summed E-state index contributed by atoms with van der Waals surface area (Å²) in [5.74, 6) is -1.62. The van der Waals surface area contributed by atoms with Gasteiger partial charge < -0.3 is 41.3 Å². The van der Waals surface area contributed by atoms with Crippen LogP contribution in [0.1, 0.15) is 25.7 Å². The van der Waals surface area contributed by atoms with Crippen molar-refractivity contribution in [2.75, 3.05) is 19.7 Å². The molecular formula is C14H29N5O7. The van der Waals surface area contributed by atoms with Gasteiger partial charge in [-0.05, 0) is 12.8 Å². The number of carbonyl (C=O) groups is 1. The monoisotopic (exact) mass is 379 g/mol. The average molecular weight is 379 g/mol. The van der Waals surface area contributed by atoms with Gasteiger partial charge in [-0.25, -0.2) is 4.79 Å². The second-order valence-corrected chi connectivity index (χ2v) is 5.80. The first-order chi connectivity index (χ1) is 12.1. The van der Waals surface area contributed by atoms with E-state index < -0.39 is 37.0 Å². The Kier molecular flexibility index (Phi) is 11.4. The first-order valence-electron chi connectivity index (χ1n) is 8.12. The molecule has 12 heteroatoms. The van der Waals surface area contributed by atoms with Crippen molar-refractivity contribution in [2.24, 2.45) is 5.73 Å². The Morgan fingerprint density at radius 3 is 1.92 bits per heavy atom. The number of nitrogens with zero attached hydrogens (tertiary/aromatic N) is 1. The van der Waals surface area contributed by atoms with Gasteiger partial charge in [0.25, 0.3) is 0 Å². The molecule has 1 rings (SSSR count). The zero-order valence-electron chi connectivity index (χ0n) is 14.4. The number of aliphatic hydroxyl groups excluding tert-OH is 5. The molecule has 1 heterocycles. The maximum Gasteiger partial charge on any atom is 0.335 e. The number of carboxylic acid groups (broad SMARTS) is 1. The summed E-state index contributed by atoms with van der Waals surface area (Å²) in [7, 11) is 0. The number of hydrogen-bond donors (Lipinski definition) is 10. The lowest BCUT2D eigenvalue weighted by atomic mass is 10.0. The van der Waals surface area contributed by atoms with E-state index in [1.165, 1.54) is 12.8 Å². The molecule has 0 saturated carbocycles. The van der Waals surface area contributed by atoms with Crippen molar-refractivity contribution >= 4 is 17.9 Å². The predicted molar refractivity (Wildman–Crippen MR) is 91.6 cm³/mol. The molecule has 1 fully saturated rings. The molecule has 152 valence electrons. The zero-order chi connectivity index (χ0) is 20.3. The van der Waals surface area contributed by atoms with Crippen molar-refractivity contribution in [3.05, 3.63) is 0 Å². The van der Waals surface area contributed by atoms with Gasteiger partial charge in [0.05, 0.1) is 6.61 Å². The molecule has 0 amide bonds. The highest BCUT2D eigenvalue weighted by atomic mass is 16.4. The van der Waals surface area contributed by atoms with Crippen molar-refractivity contribution in [3.8, 4) is 0 Å². The van der Waals surface area contributed by atoms with E-state index in [-0.39, 0.29) is 11.9 Å². The number of likely N-dealkylation sites (tertiary alicyclic amines) is 1. The fraction of sp³-hybridized carbons (Fsp3) is 0.786. The maximum atomic E-state index is 10.1. The van der Waals surface area contributed by atoms with Crippen molar-refractivity contribution in [3.63, 3.8) is 0 Å². The molecule has 1 aliphatic rings. The lowest BCUT2D eigenvalue weighted by Gasteiger charge is -2.23. The van der Waals surface area contributed by atoms with Crippen LogP contribution in [0.25, 0.3) is 0 Å². The normalized spacial score (nSPS) is 19.0. The van der Waals surface area contributed by atoms with E-state index in [1.54, 1.807) is 0 Å². The first kappa shape index (κ1) is 24.0. The van der Waals surface area contributed by atoms with Crippen LogP contribution in [0, 0.1) is 10.8 Å². The molecule has 0 unspecified atom stereocenters. The topological polar surface area (TPSA) is 227 Å². The van der Waals surface area contributed by atoms with E-state index >= 15 is 0 Å². The van der Waals surface area contributed by atoms with Gasteiger partial charge in [-0.1, -0.05) is 12.8 Å². The standard InChI is InChI=1S/C8H17N5.C6H12O7/c9-7(10)12-8(11)13-5-3-1-2-4-6-13;7-1-2(8)3(9)4(10)5(11)6(12)13/h1-6H2,(H5,9,10,11,12);2-5,7-11H,1H2,(H,12,13)/t;2-,3-,4+,5-/m.1/s1. The number of carboxylic acids is 1. The van der Waals surface area contributed by atoms with Crippen molar-refractivity contribution in [1.29, 1.82) is 10.8 Å². The van der Waals surface area contributed by atoms with Crippen molar-refractivity contribution in [2.45, 2.75) is 50.1 Å². The summed E-state index contributed by atoms with van der Waals surface area (Å²) in [5.41, 5.74) is 5.14. The highest BCUT2D eigenvalue weighted by Gasteiger charge is 2.33. The van der Waals surface area contributed by atoms with Gasteiger partial charge in [-0.15, -0.1) is 0 Å². The number of hydrogen-bond acceptors (Lipinski definition) is 8. The molecule has 1 saturated heterocycles. The van der Waals surface area contributed by atoms with E-state index in [0.29, 0.717) is 0 Å². The highest BCUT2D eigenvalue weighted by Crippen LogP contribution is 2.08. The molecular weight excluding hydrogens is 350 g/mol. The summed E-state index contributed by atoms with van der Waals surface area (Å²) in [6.07, 6.45) is -3.10. The third-order valence-corrected chi connectivity index (χ3v) is 3.68. The number of aliphatic hydroxyl groups is 5. The smallest absolute Gasteiger partial charge is 0.335 e. The zero-order valence-corrected chi connectivity index (χ0v) is 14.4. The fourth-order valence-corrected chi connectivity index (χ4v) is 2.17. The number of aliphatic carboxylic acids is 1. The van der Waals surface area contributed by atoms with Crippen LogP contribution >= 0.6 is 0 Å². The van der Waals surface area contributed by atoms with Crippen molar-refractivity contribution in [1.82, 2.24) is 10.2 Å². The fourth-order valence-electron chi connectivity index (χ4n) is 2.17. The van der Waals surface area contributed by atoms with Crippen LogP contribution in [0.2, 0.25) is 0 Å². The van der Waals surface area contributed by atoms with Gasteiger partial charge in [0.1, 0.15) is 18.3 Å². The Labute approximate surface area is 150 Å². The van der Waals surface area contributed by atoms with E-state index in [9.17, 15) is 4.79 Å². The third-order valence-electron chi connectivity index (χ3n) is 3.68. The summed E-state index contributed by atoms with van der Waals surface area (Å²) in [6.45, 7) is 0.961. The van der Waals surface area contributed by atoms with Crippen LogP contribution < -0.4 is 11.1 Å². The van der Waals surface area contributed by atoms with Crippen LogP contribution in [0.5, 0.6) is 0 Å². The summed E-state index contributed by atoms with van der Waals surface area (Å²) in [5, 5.41) is 68.9. The van der Waals surface area contributed by atoms with Gasteiger partial charge >= 0.3 is 5.97 Å². The minimum Gasteiger partial charge on any atom is -0.479 e. The molecule has 26 heavy (non-hydrogen) atoms. The van der Waals surface area contributed by atoms with Crippen LogP contribution in [-0.2, 0) is 4.79 Å². The molecule has 1 aliphatic heterocycles. The van der Waals surface area contributed by atoms with E-state index in [2.05, 4.69) is 5.32 Å². The minimum atomic E-state index is -2.20. The Morgan fingerprint density at radius 1 is 1.04 bits per heavy atom. The Balaban J connectivity index is 0.000000481. The van der Waals surface area contributed by atoms with Gasteiger partial charge in [0.15, 0.2) is 18.0 Å². The van der Waals surface area contributed by atoms with Crippen LogP contribution in [0.3, 0.4) is 0 Å². The molecule has 0 aromatic heterocycles. The van der Waals surface area contributed by atoms with Crippen LogP contribution in [-0.4, -0.2) is 97.5 Å². The number of nitrogens with two attached hydrogens (primary N) is 1. The molecule has 0 aromatic carbocycles. The molecule has 0 aromatic rings. The predicted octanol–water partition coefficient (Wildman–Crippen LogP) is -3.21. The Hall–Kier alpha value is -1.99. The molecule has 0 bridgehead atoms. The second-order valence-electron chi connectivity index (χ2n) is 5.80. The lowest BCUT2D eigenvalue weighted by Crippen LogP contribution is -2.48. The third kappa shape index (κ3) is 8.92. The molecule has 0 aliphatic carbocycles. The van der Waals surface area contributed by atoms with Crippen LogP contribution in [0.4, 0.5) is 0 Å². The van der Waals surface area contributed by atoms with Crippen molar-refractivity contribution < 1.29 is 35.4 Å². The summed E-state index contributed by atoms with van der Waals surface area (Å²) < 4.78 is 0. The number of rotatable bonds is 5. The number of guanidine groups is 2. The molecule has 0 radical (unpaired) electrons. The SMILES string of the molecule is N=C(N)NC(=N)N1CCCCCC1.O=C(O)[C@H](O)[C@@H](O)[C@H](O)[C@H](O)CO. The van der Waals surface area contributed by atoms with E-state index in [4.69, 9.17) is 47.2 Å². The van der Waals surface area contributed by atoms with Gasteiger partial charge in [-0.3, -0.25) is 16.1 Å². The molecule has 4 atom stereocenters. The molecule has 11 N–H and O–H groups in total. The number of nitrogens with one attached hydrogen (secondary N) is 3. The average Bonchev–Trinajstić information content (AvgIpc) is 2.88. The second kappa shape index (κ2) is 12.4. The quantitative estimate of drug-likeness (QED) is 0.170. The summed E-state index contributed by atoms with van der Waals surface area (Å²) in [6, 6.07) is 0. The highest BCUT2D eigenvalue weighted by molar-refractivity contribution is 5.94.